The number of carbonyl (C=O) groups is 2. The van der Waals surface area contributed by atoms with Crippen molar-refractivity contribution in [3.05, 3.63) is 0 Å². The number of guanidine groups is 1. The van der Waals surface area contributed by atoms with Crippen LogP contribution in [-0.4, -0.2) is 36.3 Å². The Morgan fingerprint density at radius 2 is 1.80 bits per heavy atom. The first kappa shape index (κ1) is 12.0. The summed E-state index contributed by atoms with van der Waals surface area (Å²) in [6.07, 6.45) is 5.38. The first-order chi connectivity index (χ1) is 7.24. The predicted molar refractivity (Wildman–Crippen MR) is 60.8 cm³/mol. The van der Waals surface area contributed by atoms with E-state index in [1.807, 2.05) is 11.8 Å². The maximum atomic E-state index is 10.8. The highest BCUT2D eigenvalue weighted by Crippen LogP contribution is 2.02. The molecule has 2 N–H and O–H groups in total. The fourth-order valence-corrected chi connectivity index (χ4v) is 1.66. The van der Waals surface area contributed by atoms with Crippen LogP contribution in [0.1, 0.15) is 19.3 Å². The Morgan fingerprint density at radius 1 is 1.13 bits per heavy atom. The van der Waals surface area contributed by atoms with E-state index in [2.05, 4.69) is 21.9 Å². The summed E-state index contributed by atoms with van der Waals surface area (Å²) in [4.78, 5) is 25.6. The molecule has 0 aliphatic carbocycles. The third kappa shape index (κ3) is 4.33. The van der Waals surface area contributed by atoms with Gasteiger partial charge in [-0.3, -0.25) is 25.2 Å². The van der Waals surface area contributed by atoms with Crippen molar-refractivity contribution in [1.29, 1.82) is 0 Å². The molecule has 1 aliphatic rings. The molecule has 1 heterocycles. The van der Waals surface area contributed by atoms with Gasteiger partial charge in [-0.1, -0.05) is 6.42 Å². The Balaban J connectivity index is 2.11. The van der Waals surface area contributed by atoms with E-state index < -0.39 is 11.8 Å². The minimum Gasteiger partial charge on any atom is -0.288 e. The van der Waals surface area contributed by atoms with Crippen molar-refractivity contribution in [1.82, 2.24) is 10.6 Å². The highest BCUT2D eigenvalue weighted by atomic mass is 32.2. The van der Waals surface area contributed by atoms with Gasteiger partial charge in [-0.05, 0) is 24.9 Å². The minimum absolute atomic E-state index is 0.287. The summed E-state index contributed by atoms with van der Waals surface area (Å²) in [6.45, 7) is 0.643. The van der Waals surface area contributed by atoms with Crippen LogP contribution in [0.2, 0.25) is 0 Å². The monoisotopic (exact) mass is 229 g/mol. The van der Waals surface area contributed by atoms with Gasteiger partial charge in [0.25, 0.3) is 0 Å². The van der Waals surface area contributed by atoms with E-state index in [0.717, 1.165) is 12.8 Å². The average Bonchev–Trinajstić information content (AvgIpc) is 2.52. The van der Waals surface area contributed by atoms with Gasteiger partial charge in [-0.25, -0.2) is 0 Å². The summed E-state index contributed by atoms with van der Waals surface area (Å²) in [5.74, 6) is 0.200. The molecule has 0 radical (unpaired) electrons. The third-order valence-corrected chi connectivity index (χ3v) is 2.64. The van der Waals surface area contributed by atoms with Crippen LogP contribution in [-0.2, 0) is 9.59 Å². The van der Waals surface area contributed by atoms with Crippen molar-refractivity contribution >= 4 is 29.5 Å². The molecule has 1 fully saturated rings. The third-order valence-electron chi connectivity index (χ3n) is 1.95. The highest BCUT2D eigenvalue weighted by molar-refractivity contribution is 7.98. The molecule has 15 heavy (non-hydrogen) atoms. The van der Waals surface area contributed by atoms with Gasteiger partial charge < -0.3 is 0 Å². The van der Waals surface area contributed by atoms with Crippen LogP contribution < -0.4 is 10.6 Å². The Labute approximate surface area is 93.1 Å². The summed E-state index contributed by atoms with van der Waals surface area (Å²) in [7, 11) is 0. The van der Waals surface area contributed by atoms with Gasteiger partial charge in [0.2, 0.25) is 5.96 Å². The van der Waals surface area contributed by atoms with Gasteiger partial charge in [0.15, 0.2) is 0 Å². The molecular formula is C9H15N3O2S. The summed E-state index contributed by atoms with van der Waals surface area (Å²) in [6, 6.07) is 0. The summed E-state index contributed by atoms with van der Waals surface area (Å²) >= 11 is 1.84. The molecule has 0 spiro atoms. The number of nitrogens with zero attached hydrogens (tertiary/aromatic N) is 1. The zero-order valence-electron chi connectivity index (χ0n) is 8.71. The molecule has 1 saturated heterocycles. The topological polar surface area (TPSA) is 70.6 Å². The van der Waals surface area contributed by atoms with E-state index in [1.165, 1.54) is 12.2 Å². The van der Waals surface area contributed by atoms with Crippen LogP contribution in [0.5, 0.6) is 0 Å². The smallest absolute Gasteiger partial charge is 0.288 e. The van der Waals surface area contributed by atoms with Crippen molar-refractivity contribution in [2.45, 2.75) is 19.3 Å². The lowest BCUT2D eigenvalue weighted by Gasteiger charge is -1.98. The lowest BCUT2D eigenvalue weighted by molar-refractivity contribution is -0.135. The average molecular weight is 229 g/mol. The molecule has 0 saturated carbocycles. The molecule has 5 nitrogen and oxygen atoms in total. The van der Waals surface area contributed by atoms with Gasteiger partial charge in [-0.2, -0.15) is 11.8 Å². The van der Waals surface area contributed by atoms with E-state index in [-0.39, 0.29) is 5.96 Å². The molecule has 2 amide bonds. The van der Waals surface area contributed by atoms with Gasteiger partial charge >= 0.3 is 11.8 Å². The van der Waals surface area contributed by atoms with E-state index >= 15 is 0 Å². The van der Waals surface area contributed by atoms with Crippen molar-refractivity contribution in [2.75, 3.05) is 18.6 Å². The lowest BCUT2D eigenvalue weighted by Crippen LogP contribution is -2.25. The first-order valence-electron chi connectivity index (χ1n) is 4.90. The highest BCUT2D eigenvalue weighted by Gasteiger charge is 2.24. The second-order valence-corrected chi connectivity index (χ2v) is 4.18. The van der Waals surface area contributed by atoms with E-state index in [9.17, 15) is 9.59 Å². The number of nitrogens with one attached hydrogen (secondary N) is 2. The van der Waals surface area contributed by atoms with Crippen molar-refractivity contribution in [3.8, 4) is 0 Å². The molecule has 1 aliphatic heterocycles. The molecular weight excluding hydrogens is 214 g/mol. The largest absolute Gasteiger partial charge is 0.316 e. The molecule has 0 aromatic carbocycles. The molecule has 1 rings (SSSR count). The fourth-order valence-electron chi connectivity index (χ4n) is 1.16. The van der Waals surface area contributed by atoms with Crippen LogP contribution in [0.3, 0.4) is 0 Å². The molecule has 6 heteroatoms. The Kier molecular flexibility index (Phi) is 5.17. The van der Waals surface area contributed by atoms with Crippen molar-refractivity contribution in [2.24, 2.45) is 4.99 Å². The van der Waals surface area contributed by atoms with Gasteiger partial charge in [0.1, 0.15) is 0 Å². The Bertz CT molecular complexity index is 261. The van der Waals surface area contributed by atoms with E-state index in [1.54, 1.807) is 0 Å². The lowest BCUT2D eigenvalue weighted by atomic mass is 10.2. The van der Waals surface area contributed by atoms with Crippen LogP contribution in [0, 0.1) is 0 Å². The number of unbranched alkanes of at least 4 members (excludes halogenated alkanes) is 2. The number of hydrogen-bond acceptors (Lipinski definition) is 4. The number of hydrogen-bond donors (Lipinski definition) is 2. The number of aliphatic imine (C=N–C) groups is 1. The summed E-state index contributed by atoms with van der Waals surface area (Å²) in [5.41, 5.74) is 0. The zero-order chi connectivity index (χ0) is 11.1. The normalized spacial score (nSPS) is 15.1. The fraction of sp³-hybridized carbons (Fsp3) is 0.667. The molecule has 0 unspecified atom stereocenters. The number of amides is 2. The summed E-state index contributed by atoms with van der Waals surface area (Å²) in [5, 5.41) is 4.70. The Morgan fingerprint density at radius 3 is 2.40 bits per heavy atom. The SMILES string of the molecule is CSCCCCCN=C1NC(=O)C(=O)N1. The van der Waals surface area contributed by atoms with Gasteiger partial charge in [0.05, 0.1) is 0 Å². The number of rotatable bonds is 6. The van der Waals surface area contributed by atoms with Crippen LogP contribution >= 0.6 is 11.8 Å². The van der Waals surface area contributed by atoms with Crippen LogP contribution in [0.15, 0.2) is 4.99 Å². The molecule has 0 aromatic heterocycles. The zero-order valence-corrected chi connectivity index (χ0v) is 9.52. The minimum atomic E-state index is -0.629. The standard InChI is InChI=1S/C9H15N3O2S/c1-15-6-4-2-3-5-10-9-11-7(13)8(14)12-9/h2-6H2,1H3,(H2,10,11,12,13,14). The van der Waals surface area contributed by atoms with Crippen LogP contribution in [0.25, 0.3) is 0 Å². The quantitative estimate of drug-likeness (QED) is 0.502. The maximum Gasteiger partial charge on any atom is 0.316 e. The predicted octanol–water partition coefficient (Wildman–Crippen LogP) is 0.122. The van der Waals surface area contributed by atoms with Crippen molar-refractivity contribution < 1.29 is 9.59 Å². The van der Waals surface area contributed by atoms with Crippen LogP contribution in [0.4, 0.5) is 0 Å². The van der Waals surface area contributed by atoms with Crippen molar-refractivity contribution in [3.63, 3.8) is 0 Å². The molecule has 0 bridgehead atoms. The van der Waals surface area contributed by atoms with Gasteiger partial charge in [-0.15, -0.1) is 0 Å². The second-order valence-electron chi connectivity index (χ2n) is 3.19. The van der Waals surface area contributed by atoms with Gasteiger partial charge in [0, 0.05) is 6.54 Å². The molecule has 0 aromatic rings. The number of carbonyl (C=O) groups excluding carboxylic acids is 2. The summed E-state index contributed by atoms with van der Waals surface area (Å²) < 4.78 is 0. The maximum absolute atomic E-state index is 10.8. The van der Waals surface area contributed by atoms with E-state index in [0.29, 0.717) is 6.54 Å². The molecule has 0 atom stereocenters. The Hall–Kier alpha value is -1.04. The number of thioether (sulfide) groups is 1. The van der Waals surface area contributed by atoms with E-state index in [4.69, 9.17) is 0 Å². The first-order valence-corrected chi connectivity index (χ1v) is 6.29. The second kappa shape index (κ2) is 6.44. The molecule has 84 valence electrons.